The van der Waals surface area contributed by atoms with Crippen LogP contribution >= 0.6 is 15.9 Å². The Hall–Kier alpha value is -2.43. The van der Waals surface area contributed by atoms with Gasteiger partial charge in [-0.1, -0.05) is 82.7 Å². The quantitative estimate of drug-likeness (QED) is 0.453. The van der Waals surface area contributed by atoms with E-state index in [4.69, 9.17) is 9.47 Å². The largest absolute Gasteiger partial charge is 0.465 e. The topological polar surface area (TPSA) is 35.5 Å². The summed E-state index contributed by atoms with van der Waals surface area (Å²) in [5.74, 6) is -0.345. The summed E-state index contributed by atoms with van der Waals surface area (Å²) in [7, 11) is 1.38. The molecule has 0 spiro atoms. The molecule has 1 atom stereocenters. The average Bonchev–Trinajstić information content (AvgIpc) is 2.73. The van der Waals surface area contributed by atoms with Gasteiger partial charge in [0.05, 0.1) is 25.4 Å². The fourth-order valence-electron chi connectivity index (χ4n) is 2.87. The number of hydrogen-bond donors (Lipinski definition) is 0. The highest BCUT2D eigenvalue weighted by Crippen LogP contribution is 2.28. The van der Waals surface area contributed by atoms with Gasteiger partial charge in [0.1, 0.15) is 0 Å². The number of carbonyl (C=O) groups excluding carboxylic acids is 1. The van der Waals surface area contributed by atoms with Crippen LogP contribution in [0.1, 0.15) is 33.2 Å². The number of hydrogen-bond acceptors (Lipinski definition) is 3. The number of halogens is 1. The molecule has 0 aliphatic carbocycles. The molecule has 4 heteroatoms. The van der Waals surface area contributed by atoms with Crippen LogP contribution in [0.3, 0.4) is 0 Å². The maximum Gasteiger partial charge on any atom is 0.337 e. The van der Waals surface area contributed by atoms with E-state index in [1.54, 1.807) is 12.1 Å². The van der Waals surface area contributed by atoms with E-state index in [0.29, 0.717) is 18.6 Å². The van der Waals surface area contributed by atoms with Gasteiger partial charge < -0.3 is 9.47 Å². The molecule has 0 N–H and O–H groups in total. The lowest BCUT2D eigenvalue weighted by Gasteiger charge is -2.20. The molecule has 3 aromatic carbocycles. The molecule has 27 heavy (non-hydrogen) atoms. The van der Waals surface area contributed by atoms with Crippen molar-refractivity contribution >= 4 is 21.9 Å². The number of rotatable bonds is 7. The first-order valence-electron chi connectivity index (χ1n) is 8.74. The van der Waals surface area contributed by atoms with Crippen LogP contribution in [0.2, 0.25) is 0 Å². The van der Waals surface area contributed by atoms with Crippen molar-refractivity contribution in [1.82, 2.24) is 0 Å². The van der Waals surface area contributed by atoms with E-state index < -0.39 is 0 Å². The highest BCUT2D eigenvalue weighted by atomic mass is 79.9. The molecule has 0 radical (unpaired) electrons. The maximum absolute atomic E-state index is 11.7. The zero-order valence-corrected chi connectivity index (χ0v) is 16.7. The molecule has 138 valence electrons. The fourth-order valence-corrected chi connectivity index (χ4v) is 3.41. The first-order chi connectivity index (χ1) is 13.2. The summed E-state index contributed by atoms with van der Waals surface area (Å²) in [4.78, 5) is 11.7. The number of methoxy groups -OCH3 is 1. The molecule has 0 heterocycles. The van der Waals surface area contributed by atoms with Gasteiger partial charge in [0.25, 0.3) is 0 Å². The molecule has 3 nitrogen and oxygen atoms in total. The molecule has 3 rings (SSSR count). The van der Waals surface area contributed by atoms with E-state index in [0.717, 1.165) is 21.2 Å². The summed E-state index contributed by atoms with van der Waals surface area (Å²) >= 11 is 3.58. The van der Waals surface area contributed by atoms with Gasteiger partial charge in [-0.3, -0.25) is 0 Å². The molecule has 0 bridgehead atoms. The Morgan fingerprint density at radius 1 is 0.963 bits per heavy atom. The molecule has 0 saturated heterocycles. The van der Waals surface area contributed by atoms with Crippen LogP contribution in [-0.4, -0.2) is 13.1 Å². The Morgan fingerprint density at radius 3 is 2.26 bits per heavy atom. The monoisotopic (exact) mass is 424 g/mol. The molecule has 0 aliphatic rings. The number of carbonyl (C=O) groups is 1. The van der Waals surface area contributed by atoms with Gasteiger partial charge in [-0.25, -0.2) is 4.79 Å². The van der Waals surface area contributed by atoms with E-state index in [1.807, 2.05) is 42.5 Å². The first-order valence-corrected chi connectivity index (χ1v) is 9.54. The van der Waals surface area contributed by atoms with E-state index >= 15 is 0 Å². The molecule has 0 aliphatic heterocycles. The standard InChI is InChI=1S/C23H21BrO3/c1-26-23(25)20-13-12-19(21(24)14-20)15-22(18-10-6-3-7-11-18)27-16-17-8-4-2-5-9-17/h2-14,22H,15-16H2,1H3. The number of esters is 1. The van der Waals surface area contributed by atoms with Crippen molar-refractivity contribution in [3.05, 3.63) is 106 Å². The molecule has 1 unspecified atom stereocenters. The lowest BCUT2D eigenvalue weighted by atomic mass is 10.00. The average molecular weight is 425 g/mol. The van der Waals surface area contributed by atoms with E-state index in [9.17, 15) is 4.79 Å². The van der Waals surface area contributed by atoms with Crippen molar-refractivity contribution in [3.63, 3.8) is 0 Å². The minimum atomic E-state index is -0.345. The third-order valence-corrected chi connectivity index (χ3v) is 5.08. The Kier molecular flexibility index (Phi) is 6.80. The second-order valence-corrected chi connectivity index (χ2v) is 7.05. The molecule has 0 aromatic heterocycles. The minimum absolute atomic E-state index is 0.0910. The second-order valence-electron chi connectivity index (χ2n) is 6.20. The number of ether oxygens (including phenoxy) is 2. The Balaban J connectivity index is 1.80. The predicted octanol–water partition coefficient (Wildman–Crippen LogP) is 5.74. The van der Waals surface area contributed by atoms with Crippen molar-refractivity contribution in [2.45, 2.75) is 19.1 Å². The Morgan fingerprint density at radius 2 is 1.63 bits per heavy atom. The Labute approximate surface area is 168 Å². The molecule has 3 aromatic rings. The van der Waals surface area contributed by atoms with Gasteiger partial charge in [-0.2, -0.15) is 0 Å². The van der Waals surface area contributed by atoms with Crippen LogP contribution in [0.25, 0.3) is 0 Å². The molecule has 0 saturated carbocycles. The van der Waals surface area contributed by atoms with Gasteiger partial charge in [-0.05, 0) is 28.8 Å². The van der Waals surface area contributed by atoms with Crippen molar-refractivity contribution in [2.75, 3.05) is 7.11 Å². The normalized spacial score (nSPS) is 11.8. The van der Waals surface area contributed by atoms with Gasteiger partial charge in [0.2, 0.25) is 0 Å². The lowest BCUT2D eigenvalue weighted by Crippen LogP contribution is -2.09. The van der Waals surface area contributed by atoms with Crippen LogP contribution in [0.5, 0.6) is 0 Å². The number of benzene rings is 3. The van der Waals surface area contributed by atoms with Gasteiger partial charge >= 0.3 is 5.97 Å². The summed E-state index contributed by atoms with van der Waals surface area (Å²) in [6.07, 6.45) is 0.602. The second kappa shape index (κ2) is 9.49. The van der Waals surface area contributed by atoms with Crippen LogP contribution < -0.4 is 0 Å². The molecule has 0 fully saturated rings. The van der Waals surface area contributed by atoms with Gasteiger partial charge in [0.15, 0.2) is 0 Å². The van der Waals surface area contributed by atoms with Crippen molar-refractivity contribution < 1.29 is 14.3 Å². The van der Waals surface area contributed by atoms with E-state index in [2.05, 4.69) is 40.2 Å². The maximum atomic E-state index is 11.7. The third kappa shape index (κ3) is 5.28. The van der Waals surface area contributed by atoms with Crippen LogP contribution in [0.15, 0.2) is 83.3 Å². The Bertz CT molecular complexity index is 879. The van der Waals surface area contributed by atoms with E-state index in [-0.39, 0.29) is 12.1 Å². The summed E-state index contributed by atoms with van der Waals surface area (Å²) in [5, 5.41) is 0. The predicted molar refractivity (Wildman–Crippen MR) is 110 cm³/mol. The van der Waals surface area contributed by atoms with E-state index in [1.165, 1.54) is 7.11 Å². The van der Waals surface area contributed by atoms with Gasteiger partial charge in [-0.15, -0.1) is 0 Å². The smallest absolute Gasteiger partial charge is 0.337 e. The molecule has 0 amide bonds. The van der Waals surface area contributed by atoms with Crippen molar-refractivity contribution in [3.8, 4) is 0 Å². The third-order valence-electron chi connectivity index (χ3n) is 4.34. The first kappa shape index (κ1) is 19.3. The lowest BCUT2D eigenvalue weighted by molar-refractivity contribution is 0.0398. The molecular weight excluding hydrogens is 404 g/mol. The van der Waals surface area contributed by atoms with Crippen molar-refractivity contribution in [1.29, 1.82) is 0 Å². The fraction of sp³-hybridized carbons (Fsp3) is 0.174. The summed E-state index contributed by atoms with van der Waals surface area (Å²) in [6.45, 7) is 0.540. The summed E-state index contributed by atoms with van der Waals surface area (Å²) in [5.41, 5.74) is 3.86. The SMILES string of the molecule is COC(=O)c1ccc(CC(OCc2ccccc2)c2ccccc2)c(Br)c1. The summed E-state index contributed by atoms with van der Waals surface area (Å²) < 4.78 is 11.9. The van der Waals surface area contributed by atoms with Gasteiger partial charge in [0, 0.05) is 10.9 Å². The highest BCUT2D eigenvalue weighted by molar-refractivity contribution is 9.10. The minimum Gasteiger partial charge on any atom is -0.465 e. The van der Waals surface area contributed by atoms with Crippen molar-refractivity contribution in [2.24, 2.45) is 0 Å². The highest BCUT2D eigenvalue weighted by Gasteiger charge is 2.16. The zero-order chi connectivity index (χ0) is 19.1. The summed E-state index contributed by atoms with van der Waals surface area (Å²) in [6, 6.07) is 25.8. The van der Waals surface area contributed by atoms with Crippen LogP contribution in [0, 0.1) is 0 Å². The van der Waals surface area contributed by atoms with Crippen LogP contribution in [-0.2, 0) is 22.5 Å². The molecular formula is C23H21BrO3. The van der Waals surface area contributed by atoms with Crippen LogP contribution in [0.4, 0.5) is 0 Å². The zero-order valence-electron chi connectivity index (χ0n) is 15.1.